The SMILES string of the molecule is CC(C)(C)OC(=O)OC(F)(F)C(F)(F)C(F)F. The van der Waals surface area contributed by atoms with E-state index in [0.29, 0.717) is 0 Å². The fraction of sp³-hybridized carbons (Fsp3) is 0.875. The van der Waals surface area contributed by atoms with Crippen LogP contribution in [0.3, 0.4) is 0 Å². The Morgan fingerprint density at radius 1 is 1.00 bits per heavy atom. The van der Waals surface area contributed by atoms with Gasteiger partial charge in [0.25, 0.3) is 0 Å². The van der Waals surface area contributed by atoms with E-state index in [0.717, 1.165) is 0 Å². The van der Waals surface area contributed by atoms with E-state index in [1.807, 2.05) is 0 Å². The van der Waals surface area contributed by atoms with Gasteiger partial charge in [0.2, 0.25) is 0 Å². The highest BCUT2D eigenvalue weighted by atomic mass is 19.3. The molecule has 0 spiro atoms. The monoisotopic (exact) mass is 268 g/mol. The van der Waals surface area contributed by atoms with E-state index in [1.54, 1.807) is 0 Å². The zero-order valence-corrected chi connectivity index (χ0v) is 9.07. The van der Waals surface area contributed by atoms with Crippen LogP contribution in [0.4, 0.5) is 31.1 Å². The van der Waals surface area contributed by atoms with Crippen molar-refractivity contribution in [3.8, 4) is 0 Å². The summed E-state index contributed by atoms with van der Waals surface area (Å²) in [7, 11) is 0. The summed E-state index contributed by atoms with van der Waals surface area (Å²) in [6.45, 7) is 3.74. The Labute approximate surface area is 92.7 Å². The Balaban J connectivity index is 4.72. The molecule has 0 amide bonds. The standard InChI is InChI=1S/C8H10F6O3/c1-6(2,3)16-5(15)17-8(13,14)7(11,12)4(9)10/h4H,1-3H3. The molecule has 0 N–H and O–H groups in total. The van der Waals surface area contributed by atoms with Gasteiger partial charge in [-0.15, -0.1) is 0 Å². The number of ether oxygens (including phenoxy) is 2. The van der Waals surface area contributed by atoms with Crippen LogP contribution in [0.15, 0.2) is 0 Å². The van der Waals surface area contributed by atoms with E-state index in [4.69, 9.17) is 0 Å². The van der Waals surface area contributed by atoms with E-state index in [1.165, 1.54) is 20.8 Å². The number of alkyl halides is 6. The van der Waals surface area contributed by atoms with Gasteiger partial charge in [-0.05, 0) is 20.8 Å². The summed E-state index contributed by atoms with van der Waals surface area (Å²) in [6.07, 6.45) is -12.5. The van der Waals surface area contributed by atoms with Gasteiger partial charge in [-0.1, -0.05) is 0 Å². The van der Waals surface area contributed by atoms with Gasteiger partial charge < -0.3 is 9.47 Å². The molecule has 0 atom stereocenters. The third-order valence-electron chi connectivity index (χ3n) is 1.26. The lowest BCUT2D eigenvalue weighted by Crippen LogP contribution is -2.49. The summed E-state index contributed by atoms with van der Waals surface area (Å²) in [5.74, 6) is -5.79. The molecular weight excluding hydrogens is 258 g/mol. The normalized spacial score (nSPS) is 13.8. The summed E-state index contributed by atoms with van der Waals surface area (Å²) in [4.78, 5) is 10.6. The first-order valence-corrected chi connectivity index (χ1v) is 4.25. The van der Waals surface area contributed by atoms with Crippen molar-refractivity contribution in [3.05, 3.63) is 0 Å². The number of carbonyl (C=O) groups is 1. The summed E-state index contributed by atoms with van der Waals surface area (Å²) < 4.78 is 79.9. The molecule has 0 saturated carbocycles. The van der Waals surface area contributed by atoms with Gasteiger partial charge in [-0.25, -0.2) is 13.6 Å². The first-order valence-electron chi connectivity index (χ1n) is 4.25. The number of hydrogen-bond donors (Lipinski definition) is 0. The molecule has 0 heterocycles. The largest absolute Gasteiger partial charge is 0.513 e. The first-order chi connectivity index (χ1) is 7.29. The van der Waals surface area contributed by atoms with Crippen LogP contribution in [0.1, 0.15) is 20.8 Å². The van der Waals surface area contributed by atoms with Crippen LogP contribution < -0.4 is 0 Å². The van der Waals surface area contributed by atoms with Crippen LogP contribution >= 0.6 is 0 Å². The second-order valence-electron chi connectivity index (χ2n) is 4.01. The van der Waals surface area contributed by atoms with E-state index in [-0.39, 0.29) is 0 Å². The molecule has 0 saturated heterocycles. The van der Waals surface area contributed by atoms with Gasteiger partial charge in [0, 0.05) is 0 Å². The van der Waals surface area contributed by atoms with Crippen molar-refractivity contribution in [3.63, 3.8) is 0 Å². The number of hydrogen-bond acceptors (Lipinski definition) is 3. The van der Waals surface area contributed by atoms with Crippen LogP contribution in [0.5, 0.6) is 0 Å². The maximum atomic E-state index is 12.5. The molecule has 0 aromatic heterocycles. The molecule has 0 fully saturated rings. The zero-order valence-electron chi connectivity index (χ0n) is 9.07. The van der Waals surface area contributed by atoms with Crippen molar-refractivity contribution in [2.45, 2.75) is 44.8 Å². The molecule has 0 aromatic rings. The molecule has 0 radical (unpaired) electrons. The van der Waals surface area contributed by atoms with Crippen molar-refractivity contribution < 1.29 is 40.6 Å². The topological polar surface area (TPSA) is 35.5 Å². The zero-order chi connectivity index (χ0) is 14.1. The van der Waals surface area contributed by atoms with Gasteiger partial charge in [-0.2, -0.15) is 17.6 Å². The van der Waals surface area contributed by atoms with Crippen molar-refractivity contribution in [2.24, 2.45) is 0 Å². The summed E-state index contributed by atoms with van der Waals surface area (Å²) >= 11 is 0. The fourth-order valence-corrected chi connectivity index (χ4v) is 0.571. The molecular formula is C8H10F6O3. The molecule has 9 heteroatoms. The molecule has 0 aliphatic heterocycles. The smallest absolute Gasteiger partial charge is 0.428 e. The molecule has 3 nitrogen and oxygen atoms in total. The van der Waals surface area contributed by atoms with Crippen LogP contribution in [0.2, 0.25) is 0 Å². The molecule has 0 unspecified atom stereocenters. The van der Waals surface area contributed by atoms with Gasteiger partial charge >= 0.3 is 24.6 Å². The third kappa shape index (κ3) is 4.31. The van der Waals surface area contributed by atoms with Crippen molar-refractivity contribution in [1.29, 1.82) is 0 Å². The third-order valence-corrected chi connectivity index (χ3v) is 1.26. The minimum atomic E-state index is -5.79. The lowest BCUT2D eigenvalue weighted by Gasteiger charge is -2.26. The predicted molar refractivity (Wildman–Crippen MR) is 43.2 cm³/mol. The molecule has 0 aliphatic rings. The lowest BCUT2D eigenvalue weighted by atomic mass is 10.2. The van der Waals surface area contributed by atoms with Crippen LogP contribution in [0, 0.1) is 0 Å². The predicted octanol–water partition coefficient (Wildman–Crippen LogP) is 3.43. The van der Waals surface area contributed by atoms with Gasteiger partial charge in [0.05, 0.1) is 0 Å². The lowest BCUT2D eigenvalue weighted by molar-refractivity contribution is -0.357. The van der Waals surface area contributed by atoms with E-state index < -0.39 is 30.2 Å². The van der Waals surface area contributed by atoms with Crippen LogP contribution in [0.25, 0.3) is 0 Å². The van der Waals surface area contributed by atoms with Gasteiger partial charge in [-0.3, -0.25) is 0 Å². The first kappa shape index (κ1) is 15.9. The maximum absolute atomic E-state index is 12.5. The Morgan fingerprint density at radius 2 is 1.41 bits per heavy atom. The maximum Gasteiger partial charge on any atom is 0.513 e. The molecule has 0 aliphatic carbocycles. The van der Waals surface area contributed by atoms with E-state index in [2.05, 4.69) is 9.47 Å². The Bertz CT molecular complexity index is 283. The van der Waals surface area contributed by atoms with Crippen LogP contribution in [-0.2, 0) is 9.47 Å². The molecule has 0 rings (SSSR count). The molecule has 17 heavy (non-hydrogen) atoms. The van der Waals surface area contributed by atoms with Crippen molar-refractivity contribution in [1.82, 2.24) is 0 Å². The fourth-order valence-electron chi connectivity index (χ4n) is 0.571. The van der Waals surface area contributed by atoms with Gasteiger partial charge in [0.1, 0.15) is 5.60 Å². The Kier molecular flexibility index (Phi) is 4.30. The van der Waals surface area contributed by atoms with Crippen LogP contribution in [-0.4, -0.2) is 30.2 Å². The summed E-state index contributed by atoms with van der Waals surface area (Å²) in [5.41, 5.74) is -1.28. The Hall–Kier alpha value is -1.15. The minimum Gasteiger partial charge on any atom is -0.428 e. The average Bonchev–Trinajstić information content (AvgIpc) is 1.97. The number of rotatable bonds is 3. The number of carbonyl (C=O) groups excluding carboxylic acids is 1. The highest BCUT2D eigenvalue weighted by Gasteiger charge is 2.67. The van der Waals surface area contributed by atoms with Gasteiger partial charge in [0.15, 0.2) is 0 Å². The highest BCUT2D eigenvalue weighted by Crippen LogP contribution is 2.40. The molecule has 102 valence electrons. The Morgan fingerprint density at radius 3 is 1.71 bits per heavy atom. The number of halogens is 6. The quantitative estimate of drug-likeness (QED) is 0.581. The summed E-state index contributed by atoms with van der Waals surface area (Å²) in [5, 5.41) is 0. The second-order valence-corrected chi connectivity index (χ2v) is 4.01. The minimum absolute atomic E-state index is 1.25. The van der Waals surface area contributed by atoms with E-state index in [9.17, 15) is 31.1 Å². The molecule has 0 aromatic carbocycles. The van der Waals surface area contributed by atoms with Crippen molar-refractivity contribution >= 4 is 6.16 Å². The highest BCUT2D eigenvalue weighted by molar-refractivity contribution is 5.61. The molecule has 0 bridgehead atoms. The second kappa shape index (κ2) is 4.61. The van der Waals surface area contributed by atoms with Crippen molar-refractivity contribution in [2.75, 3.05) is 0 Å². The summed E-state index contributed by atoms with van der Waals surface area (Å²) in [6, 6.07) is 0. The average molecular weight is 268 g/mol. The van der Waals surface area contributed by atoms with E-state index >= 15 is 0 Å².